The van der Waals surface area contributed by atoms with Crippen LogP contribution in [-0.4, -0.2) is 55.4 Å². The summed E-state index contributed by atoms with van der Waals surface area (Å²) in [7, 11) is 0. The molecule has 0 amide bonds. The molecule has 0 radical (unpaired) electrons. The van der Waals surface area contributed by atoms with Gasteiger partial charge in [-0.15, -0.1) is 0 Å². The first kappa shape index (κ1) is 13.5. The third-order valence-electron chi connectivity index (χ3n) is 4.27. The zero-order valence-electron chi connectivity index (χ0n) is 11.9. The van der Waals surface area contributed by atoms with E-state index in [0.717, 1.165) is 19.4 Å². The molecule has 1 aromatic rings. The number of rotatable bonds is 6. The standard InChI is InChI=1S/C17H22N2O/c20-11-5-10-19-14-17(15-19)12-18(13-17)9-4-8-16-6-2-1-3-7-16/h1-4,6-8,11H,5,9-10,12-15H2/b8-4+. The van der Waals surface area contributed by atoms with E-state index in [9.17, 15) is 4.79 Å². The molecule has 106 valence electrons. The van der Waals surface area contributed by atoms with E-state index >= 15 is 0 Å². The lowest BCUT2D eigenvalue weighted by Crippen LogP contribution is -2.71. The van der Waals surface area contributed by atoms with Crippen molar-refractivity contribution in [2.24, 2.45) is 5.41 Å². The van der Waals surface area contributed by atoms with Crippen molar-refractivity contribution in [2.45, 2.75) is 6.42 Å². The smallest absolute Gasteiger partial charge is 0.121 e. The molecule has 0 bridgehead atoms. The second-order valence-corrected chi connectivity index (χ2v) is 6.15. The largest absolute Gasteiger partial charge is 0.303 e. The van der Waals surface area contributed by atoms with E-state index in [1.165, 1.54) is 31.7 Å². The Morgan fingerprint density at radius 3 is 2.45 bits per heavy atom. The maximum Gasteiger partial charge on any atom is 0.121 e. The molecule has 0 atom stereocenters. The van der Waals surface area contributed by atoms with Gasteiger partial charge in [0, 0.05) is 51.1 Å². The molecule has 0 saturated carbocycles. The number of carbonyl (C=O) groups is 1. The third kappa shape index (κ3) is 3.00. The van der Waals surface area contributed by atoms with Gasteiger partial charge in [-0.05, 0) is 5.56 Å². The van der Waals surface area contributed by atoms with Crippen molar-refractivity contribution in [1.82, 2.24) is 9.80 Å². The zero-order valence-corrected chi connectivity index (χ0v) is 11.9. The molecule has 2 fully saturated rings. The highest BCUT2D eigenvalue weighted by molar-refractivity contribution is 5.49. The van der Waals surface area contributed by atoms with Crippen LogP contribution in [0.1, 0.15) is 12.0 Å². The van der Waals surface area contributed by atoms with Crippen LogP contribution in [0.4, 0.5) is 0 Å². The molecule has 2 aliphatic rings. The number of likely N-dealkylation sites (tertiary alicyclic amines) is 2. The molecule has 3 nitrogen and oxygen atoms in total. The first-order valence-electron chi connectivity index (χ1n) is 7.40. The van der Waals surface area contributed by atoms with E-state index in [-0.39, 0.29) is 0 Å². The Bertz CT molecular complexity index is 469. The fraction of sp³-hybridized carbons (Fsp3) is 0.471. The van der Waals surface area contributed by atoms with Crippen LogP contribution < -0.4 is 0 Å². The molecule has 0 aromatic heterocycles. The van der Waals surface area contributed by atoms with Crippen LogP contribution in [0.25, 0.3) is 6.08 Å². The van der Waals surface area contributed by atoms with Gasteiger partial charge in [0.25, 0.3) is 0 Å². The van der Waals surface area contributed by atoms with Gasteiger partial charge in [-0.3, -0.25) is 4.90 Å². The minimum Gasteiger partial charge on any atom is -0.303 e. The average Bonchev–Trinajstić information content (AvgIpc) is 2.39. The molecule has 2 saturated heterocycles. The Labute approximate surface area is 120 Å². The fourth-order valence-corrected chi connectivity index (χ4v) is 3.43. The van der Waals surface area contributed by atoms with Gasteiger partial charge in [-0.1, -0.05) is 42.5 Å². The number of carbonyl (C=O) groups excluding carboxylic acids is 1. The Hall–Kier alpha value is -1.45. The van der Waals surface area contributed by atoms with Gasteiger partial charge in [0.2, 0.25) is 0 Å². The highest BCUT2D eigenvalue weighted by Crippen LogP contribution is 2.39. The second-order valence-electron chi connectivity index (χ2n) is 6.15. The van der Waals surface area contributed by atoms with Crippen LogP contribution in [-0.2, 0) is 4.79 Å². The Balaban J connectivity index is 1.35. The number of hydrogen-bond acceptors (Lipinski definition) is 3. The van der Waals surface area contributed by atoms with E-state index in [0.29, 0.717) is 11.8 Å². The topological polar surface area (TPSA) is 23.6 Å². The van der Waals surface area contributed by atoms with Crippen LogP contribution in [0, 0.1) is 5.41 Å². The lowest BCUT2D eigenvalue weighted by atomic mass is 9.73. The van der Waals surface area contributed by atoms with E-state index in [1.54, 1.807) is 0 Å². The summed E-state index contributed by atoms with van der Waals surface area (Å²) in [6, 6.07) is 10.4. The maximum atomic E-state index is 10.3. The lowest BCUT2D eigenvalue weighted by Gasteiger charge is -2.60. The Morgan fingerprint density at radius 2 is 1.75 bits per heavy atom. The van der Waals surface area contributed by atoms with Gasteiger partial charge in [0.15, 0.2) is 0 Å². The quantitative estimate of drug-likeness (QED) is 0.738. The van der Waals surface area contributed by atoms with Gasteiger partial charge in [-0.25, -0.2) is 0 Å². The maximum absolute atomic E-state index is 10.3. The number of benzene rings is 1. The summed E-state index contributed by atoms with van der Waals surface area (Å²) in [5.74, 6) is 0. The lowest BCUT2D eigenvalue weighted by molar-refractivity contribution is -0.117. The summed E-state index contributed by atoms with van der Waals surface area (Å²) in [6.07, 6.45) is 6.15. The average molecular weight is 270 g/mol. The highest BCUT2D eigenvalue weighted by Gasteiger charge is 2.50. The SMILES string of the molecule is O=CCCN1CC2(CN(C/C=C/c3ccccc3)C2)C1. The minimum absolute atomic E-state index is 0.545. The molecule has 1 spiro atoms. The summed E-state index contributed by atoms with van der Waals surface area (Å²) in [4.78, 5) is 15.2. The predicted octanol–water partition coefficient (Wildman–Crippen LogP) is 1.91. The van der Waals surface area contributed by atoms with Gasteiger partial charge >= 0.3 is 0 Å². The summed E-state index contributed by atoms with van der Waals surface area (Å²) in [5.41, 5.74) is 1.81. The third-order valence-corrected chi connectivity index (χ3v) is 4.27. The van der Waals surface area contributed by atoms with E-state index in [4.69, 9.17) is 0 Å². The first-order valence-corrected chi connectivity index (χ1v) is 7.40. The van der Waals surface area contributed by atoms with Crippen molar-refractivity contribution in [2.75, 3.05) is 39.3 Å². The van der Waals surface area contributed by atoms with Crippen LogP contribution in [0.15, 0.2) is 36.4 Å². The normalized spacial score (nSPS) is 21.8. The monoisotopic (exact) mass is 270 g/mol. The van der Waals surface area contributed by atoms with Crippen LogP contribution >= 0.6 is 0 Å². The first-order chi connectivity index (χ1) is 9.80. The molecular weight excluding hydrogens is 248 g/mol. The Morgan fingerprint density at radius 1 is 1.05 bits per heavy atom. The highest BCUT2D eigenvalue weighted by atomic mass is 16.1. The van der Waals surface area contributed by atoms with Gasteiger partial charge in [0.1, 0.15) is 6.29 Å². The zero-order chi connectivity index (χ0) is 13.8. The van der Waals surface area contributed by atoms with Crippen LogP contribution in [0.5, 0.6) is 0 Å². The number of nitrogens with zero attached hydrogens (tertiary/aromatic N) is 2. The molecule has 20 heavy (non-hydrogen) atoms. The van der Waals surface area contributed by atoms with Crippen molar-refractivity contribution < 1.29 is 4.79 Å². The number of aldehydes is 1. The minimum atomic E-state index is 0.545. The second kappa shape index (κ2) is 5.90. The van der Waals surface area contributed by atoms with Crippen molar-refractivity contribution >= 4 is 12.4 Å². The Kier molecular flexibility index (Phi) is 3.99. The predicted molar refractivity (Wildman–Crippen MR) is 81.5 cm³/mol. The van der Waals surface area contributed by atoms with E-state index in [1.807, 2.05) is 6.07 Å². The molecule has 2 aliphatic heterocycles. The molecule has 2 heterocycles. The summed E-state index contributed by atoms with van der Waals surface area (Å²) < 4.78 is 0. The van der Waals surface area contributed by atoms with Gasteiger partial charge < -0.3 is 9.69 Å². The summed E-state index contributed by atoms with van der Waals surface area (Å²) in [5, 5.41) is 0. The van der Waals surface area contributed by atoms with Gasteiger partial charge in [-0.2, -0.15) is 0 Å². The summed E-state index contributed by atoms with van der Waals surface area (Å²) >= 11 is 0. The fourth-order valence-electron chi connectivity index (χ4n) is 3.43. The van der Waals surface area contributed by atoms with Crippen molar-refractivity contribution in [3.63, 3.8) is 0 Å². The van der Waals surface area contributed by atoms with Crippen molar-refractivity contribution in [3.8, 4) is 0 Å². The van der Waals surface area contributed by atoms with Crippen LogP contribution in [0.2, 0.25) is 0 Å². The summed E-state index contributed by atoms with van der Waals surface area (Å²) in [6.45, 7) is 6.77. The molecule has 3 heteroatoms. The number of hydrogen-bond donors (Lipinski definition) is 0. The molecule has 0 N–H and O–H groups in total. The van der Waals surface area contributed by atoms with Gasteiger partial charge in [0.05, 0.1) is 0 Å². The molecular formula is C17H22N2O. The van der Waals surface area contributed by atoms with E-state index < -0.39 is 0 Å². The van der Waals surface area contributed by atoms with E-state index in [2.05, 4.69) is 46.2 Å². The van der Waals surface area contributed by atoms with Crippen molar-refractivity contribution in [1.29, 1.82) is 0 Å². The molecule has 0 unspecified atom stereocenters. The van der Waals surface area contributed by atoms with Crippen LogP contribution in [0.3, 0.4) is 0 Å². The molecule has 0 aliphatic carbocycles. The van der Waals surface area contributed by atoms with Crippen molar-refractivity contribution in [3.05, 3.63) is 42.0 Å². The molecule has 3 rings (SSSR count). The molecule has 1 aromatic carbocycles.